The van der Waals surface area contributed by atoms with E-state index < -0.39 is 5.97 Å². The molecule has 2 heterocycles. The molecule has 0 unspecified atom stereocenters. The fourth-order valence-electron chi connectivity index (χ4n) is 2.10. The van der Waals surface area contributed by atoms with Gasteiger partial charge in [-0.2, -0.15) is 5.10 Å². The third-order valence-corrected chi connectivity index (χ3v) is 2.98. The van der Waals surface area contributed by atoms with Gasteiger partial charge in [-0.05, 0) is 12.0 Å². The van der Waals surface area contributed by atoms with Crippen LogP contribution >= 0.6 is 0 Å². The Kier molecular flexibility index (Phi) is 4.52. The third kappa shape index (κ3) is 3.56. The number of aliphatic carboxylic acids is 1. The molecule has 2 aromatic heterocycles. The molecule has 1 amide bonds. The largest absolute Gasteiger partial charge is 0.481 e. The standard InChI is InChI=1S/C14H18N4O3/c1-10(2)9-17(7-4-12(19)20)14(21)11-8-16-18-6-3-5-15-13(11)18/h3,5-6,8,10H,4,7,9H2,1-2H3,(H,19,20). The third-order valence-electron chi connectivity index (χ3n) is 2.98. The minimum Gasteiger partial charge on any atom is -0.481 e. The van der Waals surface area contributed by atoms with Crippen LogP contribution in [0.3, 0.4) is 0 Å². The number of carboxylic acids is 1. The van der Waals surface area contributed by atoms with Crippen molar-refractivity contribution in [1.82, 2.24) is 19.5 Å². The smallest absolute Gasteiger partial charge is 0.305 e. The van der Waals surface area contributed by atoms with E-state index in [1.165, 1.54) is 10.7 Å². The van der Waals surface area contributed by atoms with Gasteiger partial charge in [0.15, 0.2) is 5.65 Å². The minimum absolute atomic E-state index is 0.0783. The SMILES string of the molecule is CC(C)CN(CCC(=O)O)C(=O)c1cnn2cccnc12. The van der Waals surface area contributed by atoms with Crippen LogP contribution in [-0.4, -0.2) is 49.6 Å². The van der Waals surface area contributed by atoms with Gasteiger partial charge >= 0.3 is 5.97 Å². The Morgan fingerprint density at radius 1 is 1.43 bits per heavy atom. The van der Waals surface area contributed by atoms with E-state index in [0.29, 0.717) is 17.8 Å². The molecule has 0 aliphatic rings. The molecule has 2 aromatic rings. The maximum atomic E-state index is 12.6. The average Bonchev–Trinajstić information content (AvgIpc) is 2.86. The first-order chi connectivity index (χ1) is 9.99. The number of hydrogen-bond acceptors (Lipinski definition) is 4. The topological polar surface area (TPSA) is 87.8 Å². The molecule has 0 atom stereocenters. The lowest BCUT2D eigenvalue weighted by atomic mass is 10.1. The molecule has 0 radical (unpaired) electrons. The Bertz CT molecular complexity index is 650. The van der Waals surface area contributed by atoms with Crippen LogP contribution in [0, 0.1) is 5.92 Å². The molecule has 0 bridgehead atoms. The van der Waals surface area contributed by atoms with Gasteiger partial charge in [0.1, 0.15) is 5.56 Å². The molecular formula is C14H18N4O3. The molecular weight excluding hydrogens is 272 g/mol. The van der Waals surface area contributed by atoms with Crippen molar-refractivity contribution in [2.75, 3.05) is 13.1 Å². The lowest BCUT2D eigenvalue weighted by Gasteiger charge is -2.23. The molecule has 7 heteroatoms. The van der Waals surface area contributed by atoms with Crippen molar-refractivity contribution in [2.24, 2.45) is 5.92 Å². The van der Waals surface area contributed by atoms with Crippen molar-refractivity contribution in [1.29, 1.82) is 0 Å². The van der Waals surface area contributed by atoms with Crippen LogP contribution in [0.5, 0.6) is 0 Å². The molecule has 0 saturated heterocycles. The Labute approximate surface area is 122 Å². The van der Waals surface area contributed by atoms with Crippen molar-refractivity contribution in [2.45, 2.75) is 20.3 Å². The van der Waals surface area contributed by atoms with Gasteiger partial charge in [-0.15, -0.1) is 0 Å². The maximum Gasteiger partial charge on any atom is 0.305 e. The summed E-state index contributed by atoms with van der Waals surface area (Å²) in [5.74, 6) is -0.911. The number of carbonyl (C=O) groups excluding carboxylic acids is 1. The summed E-state index contributed by atoms with van der Waals surface area (Å²) in [6.45, 7) is 4.64. The van der Waals surface area contributed by atoms with Gasteiger partial charge in [0, 0.05) is 25.5 Å². The molecule has 7 nitrogen and oxygen atoms in total. The predicted molar refractivity (Wildman–Crippen MR) is 76.0 cm³/mol. The van der Waals surface area contributed by atoms with E-state index in [1.807, 2.05) is 13.8 Å². The zero-order chi connectivity index (χ0) is 15.4. The highest BCUT2D eigenvalue weighted by Gasteiger charge is 2.21. The number of carboxylic acid groups (broad SMARTS) is 1. The second-order valence-electron chi connectivity index (χ2n) is 5.23. The highest BCUT2D eigenvalue weighted by molar-refractivity contribution is 5.99. The van der Waals surface area contributed by atoms with E-state index in [2.05, 4.69) is 10.1 Å². The maximum absolute atomic E-state index is 12.6. The summed E-state index contributed by atoms with van der Waals surface area (Å²) in [4.78, 5) is 29.1. The lowest BCUT2D eigenvalue weighted by Crippen LogP contribution is -2.36. The van der Waals surface area contributed by atoms with Crippen LogP contribution in [0.15, 0.2) is 24.7 Å². The molecule has 0 aromatic carbocycles. The van der Waals surface area contributed by atoms with Crippen molar-refractivity contribution in [3.8, 4) is 0 Å². The van der Waals surface area contributed by atoms with Crippen molar-refractivity contribution >= 4 is 17.5 Å². The zero-order valence-corrected chi connectivity index (χ0v) is 12.1. The summed E-state index contributed by atoms with van der Waals surface area (Å²) in [6, 6.07) is 1.73. The molecule has 0 saturated carbocycles. The molecule has 112 valence electrons. The minimum atomic E-state index is -0.922. The molecule has 21 heavy (non-hydrogen) atoms. The summed E-state index contributed by atoms with van der Waals surface area (Å²) < 4.78 is 1.53. The van der Waals surface area contributed by atoms with Crippen LogP contribution < -0.4 is 0 Å². The van der Waals surface area contributed by atoms with Crippen LogP contribution in [-0.2, 0) is 4.79 Å². The Balaban J connectivity index is 2.26. The first kappa shape index (κ1) is 15.0. The van der Waals surface area contributed by atoms with Crippen LogP contribution in [0.1, 0.15) is 30.6 Å². The fraction of sp³-hybridized carbons (Fsp3) is 0.429. The molecule has 0 spiro atoms. The number of carbonyl (C=O) groups is 2. The second-order valence-corrected chi connectivity index (χ2v) is 5.23. The van der Waals surface area contributed by atoms with Gasteiger partial charge < -0.3 is 10.0 Å². The molecule has 2 rings (SSSR count). The summed E-state index contributed by atoms with van der Waals surface area (Å²) in [5, 5.41) is 12.9. The predicted octanol–water partition coefficient (Wildman–Crippen LogP) is 1.30. The first-order valence-electron chi connectivity index (χ1n) is 6.78. The van der Waals surface area contributed by atoms with E-state index >= 15 is 0 Å². The Hall–Kier alpha value is -2.44. The summed E-state index contributed by atoms with van der Waals surface area (Å²) in [6.07, 6.45) is 4.70. The molecule has 1 N–H and O–H groups in total. The van der Waals surface area contributed by atoms with Crippen molar-refractivity contribution in [3.63, 3.8) is 0 Å². The number of amides is 1. The van der Waals surface area contributed by atoms with E-state index in [1.54, 1.807) is 23.4 Å². The van der Waals surface area contributed by atoms with Crippen molar-refractivity contribution in [3.05, 3.63) is 30.2 Å². The zero-order valence-electron chi connectivity index (χ0n) is 12.1. The lowest BCUT2D eigenvalue weighted by molar-refractivity contribution is -0.137. The molecule has 0 fully saturated rings. The van der Waals surface area contributed by atoms with Crippen LogP contribution in [0.25, 0.3) is 5.65 Å². The quantitative estimate of drug-likeness (QED) is 0.866. The van der Waals surface area contributed by atoms with Crippen LogP contribution in [0.4, 0.5) is 0 Å². The van der Waals surface area contributed by atoms with Crippen LogP contribution in [0.2, 0.25) is 0 Å². The number of aromatic nitrogens is 3. The number of nitrogens with zero attached hydrogens (tertiary/aromatic N) is 4. The fourth-order valence-corrected chi connectivity index (χ4v) is 2.10. The van der Waals surface area contributed by atoms with Gasteiger partial charge in [-0.1, -0.05) is 13.8 Å². The summed E-state index contributed by atoms with van der Waals surface area (Å²) in [7, 11) is 0. The van der Waals surface area contributed by atoms with E-state index in [0.717, 1.165) is 0 Å². The molecule has 0 aliphatic carbocycles. The van der Waals surface area contributed by atoms with Gasteiger partial charge in [0.05, 0.1) is 12.6 Å². The van der Waals surface area contributed by atoms with Gasteiger partial charge in [0.25, 0.3) is 5.91 Å². The Morgan fingerprint density at radius 3 is 2.86 bits per heavy atom. The highest BCUT2D eigenvalue weighted by Crippen LogP contribution is 2.12. The van der Waals surface area contributed by atoms with E-state index in [4.69, 9.17) is 5.11 Å². The number of fused-ring (bicyclic) bond motifs is 1. The number of hydrogen-bond donors (Lipinski definition) is 1. The normalized spacial score (nSPS) is 11.0. The van der Waals surface area contributed by atoms with Gasteiger partial charge in [0.2, 0.25) is 0 Å². The average molecular weight is 290 g/mol. The van der Waals surface area contributed by atoms with Gasteiger partial charge in [-0.25, -0.2) is 9.50 Å². The Morgan fingerprint density at radius 2 is 2.19 bits per heavy atom. The van der Waals surface area contributed by atoms with E-state index in [9.17, 15) is 9.59 Å². The first-order valence-corrected chi connectivity index (χ1v) is 6.78. The summed E-state index contributed by atoms with van der Waals surface area (Å²) >= 11 is 0. The number of rotatable bonds is 6. The van der Waals surface area contributed by atoms with Crippen molar-refractivity contribution < 1.29 is 14.7 Å². The summed E-state index contributed by atoms with van der Waals surface area (Å²) in [5.41, 5.74) is 0.869. The monoisotopic (exact) mass is 290 g/mol. The highest BCUT2D eigenvalue weighted by atomic mass is 16.4. The molecule has 0 aliphatic heterocycles. The van der Waals surface area contributed by atoms with Gasteiger partial charge in [-0.3, -0.25) is 9.59 Å². The second kappa shape index (κ2) is 6.34. The van der Waals surface area contributed by atoms with E-state index in [-0.39, 0.29) is 24.8 Å².